The van der Waals surface area contributed by atoms with E-state index in [1.807, 2.05) is 0 Å². The first kappa shape index (κ1) is 14.7. The normalized spacial score (nSPS) is 11.3. The van der Waals surface area contributed by atoms with Crippen molar-refractivity contribution in [1.29, 1.82) is 0 Å². The first-order valence-corrected chi connectivity index (χ1v) is 6.07. The van der Waals surface area contributed by atoms with Crippen LogP contribution < -0.4 is 5.56 Å². The minimum Gasteiger partial charge on any atom is -0.327 e. The maximum Gasteiger partial charge on any atom is 0.406 e. The Morgan fingerprint density at radius 2 is 2.06 bits per heavy atom. The molecule has 0 atom stereocenters. The summed E-state index contributed by atoms with van der Waals surface area (Å²) in [5.74, 6) is -0.857. The highest BCUT2D eigenvalue weighted by Crippen LogP contribution is 2.17. The van der Waals surface area contributed by atoms with Crippen LogP contribution in [0.1, 0.15) is 10.5 Å². The number of H-pyrrole nitrogens is 1. The number of nitrogens with zero attached hydrogens (tertiary/aromatic N) is 1. The van der Waals surface area contributed by atoms with Crippen LogP contribution in [-0.2, 0) is 0 Å². The van der Waals surface area contributed by atoms with Crippen molar-refractivity contribution in [3.63, 3.8) is 0 Å². The monoisotopic (exact) mass is 326 g/mol. The van der Waals surface area contributed by atoms with Gasteiger partial charge in [-0.05, 0) is 6.07 Å². The molecule has 8 heteroatoms. The average molecular weight is 327 g/mol. The first-order valence-electron chi connectivity index (χ1n) is 4.95. The van der Waals surface area contributed by atoms with Crippen molar-refractivity contribution in [1.82, 2.24) is 9.88 Å². The molecule has 1 amide bonds. The molecule has 1 aromatic rings. The van der Waals surface area contributed by atoms with Crippen molar-refractivity contribution in [2.75, 3.05) is 18.4 Å². The molecule has 0 bridgehead atoms. The molecule has 4 nitrogen and oxygen atoms in total. The quantitative estimate of drug-likeness (QED) is 0.857. The summed E-state index contributed by atoms with van der Waals surface area (Å²) in [6.07, 6.45) is -4.48. The van der Waals surface area contributed by atoms with E-state index in [1.54, 1.807) is 0 Å². The second-order valence-corrected chi connectivity index (χ2v) is 4.25. The van der Waals surface area contributed by atoms with Crippen molar-refractivity contribution in [2.24, 2.45) is 0 Å². The van der Waals surface area contributed by atoms with Crippen molar-refractivity contribution < 1.29 is 18.0 Å². The summed E-state index contributed by atoms with van der Waals surface area (Å²) in [5, 5.41) is 0.214. The number of carbonyl (C=O) groups excluding carboxylic acids is 1. The number of aromatic amines is 1. The lowest BCUT2D eigenvalue weighted by molar-refractivity contribution is -0.140. The van der Waals surface area contributed by atoms with Crippen molar-refractivity contribution >= 4 is 21.8 Å². The van der Waals surface area contributed by atoms with Crippen LogP contribution in [0.15, 0.2) is 23.0 Å². The van der Waals surface area contributed by atoms with E-state index in [2.05, 4.69) is 20.9 Å². The SMILES string of the molecule is O=C(c1cccc(=O)[nH]1)N(CCBr)CC(F)(F)F. The molecular weight excluding hydrogens is 317 g/mol. The number of carbonyl (C=O) groups is 1. The second kappa shape index (κ2) is 6.03. The van der Waals surface area contributed by atoms with E-state index < -0.39 is 24.2 Å². The van der Waals surface area contributed by atoms with Gasteiger partial charge < -0.3 is 9.88 Å². The van der Waals surface area contributed by atoms with Gasteiger partial charge in [-0.1, -0.05) is 22.0 Å². The molecule has 0 aliphatic rings. The number of alkyl halides is 4. The number of nitrogens with one attached hydrogen (secondary N) is 1. The number of halogens is 4. The lowest BCUT2D eigenvalue weighted by Crippen LogP contribution is -2.40. The lowest BCUT2D eigenvalue weighted by atomic mass is 10.3. The summed E-state index contributed by atoms with van der Waals surface area (Å²) in [5.41, 5.74) is -0.695. The molecule has 0 saturated heterocycles. The van der Waals surface area contributed by atoms with Crippen LogP contribution in [0.2, 0.25) is 0 Å². The van der Waals surface area contributed by atoms with Crippen molar-refractivity contribution in [3.05, 3.63) is 34.2 Å². The second-order valence-electron chi connectivity index (χ2n) is 3.46. The minimum absolute atomic E-state index is 0.102. The molecule has 0 fully saturated rings. The predicted molar refractivity (Wildman–Crippen MR) is 62.8 cm³/mol. The standard InChI is InChI=1S/C10H10BrF3N2O2/c11-4-5-16(6-10(12,13)14)9(18)7-2-1-3-8(17)15-7/h1-3H,4-6H2,(H,15,17). The van der Waals surface area contributed by atoms with Gasteiger partial charge in [-0.15, -0.1) is 0 Å². The van der Waals surface area contributed by atoms with Crippen LogP contribution in [0.5, 0.6) is 0 Å². The summed E-state index contributed by atoms with van der Waals surface area (Å²) in [6.45, 7) is -1.45. The number of amides is 1. The summed E-state index contributed by atoms with van der Waals surface area (Å²) >= 11 is 2.98. The molecule has 1 N–H and O–H groups in total. The van der Waals surface area contributed by atoms with Gasteiger partial charge in [0.2, 0.25) is 5.56 Å². The Bertz CT molecular complexity index is 473. The Morgan fingerprint density at radius 1 is 1.39 bits per heavy atom. The molecule has 1 rings (SSSR count). The third kappa shape index (κ3) is 4.52. The predicted octanol–water partition coefficient (Wildman–Crippen LogP) is 1.77. The Labute approximate surface area is 109 Å². The molecule has 0 saturated carbocycles. The number of hydrogen-bond acceptors (Lipinski definition) is 2. The molecule has 18 heavy (non-hydrogen) atoms. The maximum absolute atomic E-state index is 12.3. The molecular formula is C10H10BrF3N2O2. The summed E-state index contributed by atoms with van der Waals surface area (Å²) in [4.78, 5) is 25.6. The van der Waals surface area contributed by atoms with Gasteiger partial charge in [-0.25, -0.2) is 0 Å². The van der Waals surface area contributed by atoms with Gasteiger partial charge in [0.15, 0.2) is 0 Å². The Morgan fingerprint density at radius 3 is 2.56 bits per heavy atom. The summed E-state index contributed by atoms with van der Waals surface area (Å²) < 4.78 is 36.9. The van der Waals surface area contributed by atoms with E-state index in [-0.39, 0.29) is 17.6 Å². The molecule has 0 aliphatic carbocycles. The van der Waals surface area contributed by atoms with Crippen molar-refractivity contribution in [2.45, 2.75) is 6.18 Å². The molecule has 1 aromatic heterocycles. The molecule has 0 spiro atoms. The third-order valence-electron chi connectivity index (χ3n) is 2.01. The van der Waals surface area contributed by atoms with E-state index >= 15 is 0 Å². The van der Waals surface area contributed by atoms with Crippen LogP contribution in [0, 0.1) is 0 Å². The molecule has 1 heterocycles. The molecule has 0 radical (unpaired) electrons. The fourth-order valence-corrected chi connectivity index (χ4v) is 1.74. The average Bonchev–Trinajstić information content (AvgIpc) is 2.26. The van der Waals surface area contributed by atoms with Crippen LogP contribution in [-0.4, -0.2) is 40.4 Å². The van der Waals surface area contributed by atoms with E-state index in [4.69, 9.17) is 0 Å². The highest BCUT2D eigenvalue weighted by Gasteiger charge is 2.33. The highest BCUT2D eigenvalue weighted by molar-refractivity contribution is 9.09. The Balaban J connectivity index is 2.92. The topological polar surface area (TPSA) is 53.2 Å². The van der Waals surface area contributed by atoms with Gasteiger partial charge in [0.25, 0.3) is 5.91 Å². The van der Waals surface area contributed by atoms with E-state index in [9.17, 15) is 22.8 Å². The van der Waals surface area contributed by atoms with E-state index in [0.29, 0.717) is 4.90 Å². The van der Waals surface area contributed by atoms with Gasteiger partial charge in [-0.3, -0.25) is 9.59 Å². The summed E-state index contributed by atoms with van der Waals surface area (Å²) in [7, 11) is 0. The first-order chi connectivity index (χ1) is 8.33. The number of rotatable bonds is 4. The molecule has 0 aliphatic heterocycles. The molecule has 100 valence electrons. The summed E-state index contributed by atoms with van der Waals surface area (Å²) in [6, 6.07) is 3.75. The van der Waals surface area contributed by atoms with E-state index in [0.717, 1.165) is 0 Å². The number of pyridine rings is 1. The van der Waals surface area contributed by atoms with Crippen LogP contribution in [0.4, 0.5) is 13.2 Å². The van der Waals surface area contributed by atoms with Gasteiger partial charge in [0.1, 0.15) is 12.2 Å². The van der Waals surface area contributed by atoms with Gasteiger partial charge in [0, 0.05) is 17.9 Å². The molecule has 0 unspecified atom stereocenters. The van der Waals surface area contributed by atoms with E-state index in [1.165, 1.54) is 18.2 Å². The molecule has 0 aromatic carbocycles. The lowest BCUT2D eigenvalue weighted by Gasteiger charge is -2.22. The number of hydrogen-bond donors (Lipinski definition) is 1. The number of aromatic nitrogens is 1. The smallest absolute Gasteiger partial charge is 0.327 e. The van der Waals surface area contributed by atoms with Gasteiger partial charge >= 0.3 is 6.18 Å². The fourth-order valence-electron chi connectivity index (χ4n) is 1.31. The van der Waals surface area contributed by atoms with Crippen LogP contribution >= 0.6 is 15.9 Å². The van der Waals surface area contributed by atoms with Crippen LogP contribution in [0.3, 0.4) is 0 Å². The Kier molecular flexibility index (Phi) is 4.94. The zero-order chi connectivity index (χ0) is 13.8. The fraction of sp³-hybridized carbons (Fsp3) is 0.400. The van der Waals surface area contributed by atoms with Crippen molar-refractivity contribution in [3.8, 4) is 0 Å². The zero-order valence-corrected chi connectivity index (χ0v) is 10.7. The Hall–Kier alpha value is -1.31. The largest absolute Gasteiger partial charge is 0.406 e. The van der Waals surface area contributed by atoms with Gasteiger partial charge in [0.05, 0.1) is 0 Å². The maximum atomic E-state index is 12.3. The minimum atomic E-state index is -4.48. The zero-order valence-electron chi connectivity index (χ0n) is 9.13. The third-order valence-corrected chi connectivity index (χ3v) is 2.37. The highest BCUT2D eigenvalue weighted by atomic mass is 79.9. The van der Waals surface area contributed by atoms with Gasteiger partial charge in [-0.2, -0.15) is 13.2 Å². The van der Waals surface area contributed by atoms with Crippen LogP contribution in [0.25, 0.3) is 0 Å².